The van der Waals surface area contributed by atoms with Gasteiger partial charge in [-0.2, -0.15) is 0 Å². The highest BCUT2D eigenvalue weighted by Crippen LogP contribution is 2.20. The number of benzene rings is 2. The molecule has 2 N–H and O–H groups in total. The Labute approximate surface area is 154 Å². The molecule has 0 aliphatic rings. The Morgan fingerprint density at radius 3 is 2.42 bits per heavy atom. The van der Waals surface area contributed by atoms with E-state index in [0.717, 1.165) is 22.4 Å². The van der Waals surface area contributed by atoms with Gasteiger partial charge in [0.1, 0.15) is 5.75 Å². The van der Waals surface area contributed by atoms with Gasteiger partial charge < -0.3 is 15.4 Å². The smallest absolute Gasteiger partial charge is 0.226 e. The molecule has 5 nitrogen and oxygen atoms in total. The number of primary amides is 1. The lowest BCUT2D eigenvalue weighted by atomic mass is 10.1. The summed E-state index contributed by atoms with van der Waals surface area (Å²) in [5, 5.41) is 0. The molecule has 26 heavy (non-hydrogen) atoms. The normalized spacial score (nSPS) is 10.4. The lowest BCUT2D eigenvalue weighted by molar-refractivity contribution is -0.132. The SMILES string of the molecule is Cc1cccc(OCCC(=O)N(CCC(N)=O)Cc2ccccc2)c1C. The predicted octanol–water partition coefficient (Wildman–Crippen LogP) is 2.98. The van der Waals surface area contributed by atoms with Crippen LogP contribution in [0.25, 0.3) is 0 Å². The second-order valence-electron chi connectivity index (χ2n) is 6.31. The van der Waals surface area contributed by atoms with Crippen molar-refractivity contribution in [3.8, 4) is 5.75 Å². The first-order valence-corrected chi connectivity index (χ1v) is 8.76. The quantitative estimate of drug-likeness (QED) is 0.752. The number of hydrogen-bond acceptors (Lipinski definition) is 3. The summed E-state index contributed by atoms with van der Waals surface area (Å²) < 4.78 is 5.78. The zero-order valence-corrected chi connectivity index (χ0v) is 15.4. The Bertz CT molecular complexity index is 744. The number of carbonyl (C=O) groups is 2. The molecule has 138 valence electrons. The Balaban J connectivity index is 1.94. The van der Waals surface area contributed by atoms with Gasteiger partial charge in [-0.15, -0.1) is 0 Å². The topological polar surface area (TPSA) is 72.6 Å². The maximum atomic E-state index is 12.6. The molecule has 0 spiro atoms. The van der Waals surface area contributed by atoms with Crippen LogP contribution in [0.1, 0.15) is 29.5 Å². The third-order valence-electron chi connectivity index (χ3n) is 4.33. The molecular weight excluding hydrogens is 328 g/mol. The van der Waals surface area contributed by atoms with Crippen molar-refractivity contribution in [1.29, 1.82) is 0 Å². The number of nitrogens with two attached hydrogens (primary N) is 1. The lowest BCUT2D eigenvalue weighted by Crippen LogP contribution is -2.34. The number of carbonyl (C=O) groups excluding carboxylic acids is 2. The van der Waals surface area contributed by atoms with E-state index in [2.05, 4.69) is 0 Å². The molecule has 2 aromatic rings. The van der Waals surface area contributed by atoms with Gasteiger partial charge in [0.25, 0.3) is 0 Å². The molecule has 0 saturated carbocycles. The van der Waals surface area contributed by atoms with Crippen LogP contribution < -0.4 is 10.5 Å². The second-order valence-corrected chi connectivity index (χ2v) is 6.31. The third kappa shape index (κ3) is 5.92. The molecule has 0 unspecified atom stereocenters. The largest absolute Gasteiger partial charge is 0.493 e. The summed E-state index contributed by atoms with van der Waals surface area (Å²) in [6.45, 7) is 5.09. The van der Waals surface area contributed by atoms with Gasteiger partial charge in [0.15, 0.2) is 0 Å². The van der Waals surface area contributed by atoms with E-state index in [1.165, 1.54) is 0 Å². The molecule has 2 rings (SSSR count). The van der Waals surface area contributed by atoms with E-state index in [1.54, 1.807) is 4.90 Å². The fourth-order valence-corrected chi connectivity index (χ4v) is 2.63. The van der Waals surface area contributed by atoms with Gasteiger partial charge in [0.05, 0.1) is 13.0 Å². The molecule has 0 aliphatic heterocycles. The van der Waals surface area contributed by atoms with Crippen molar-refractivity contribution in [2.45, 2.75) is 33.2 Å². The summed E-state index contributed by atoms with van der Waals surface area (Å²) >= 11 is 0. The minimum atomic E-state index is -0.414. The van der Waals surface area contributed by atoms with Crippen LogP contribution in [0.15, 0.2) is 48.5 Å². The number of aryl methyl sites for hydroxylation is 1. The number of ether oxygens (including phenoxy) is 1. The van der Waals surface area contributed by atoms with Crippen LogP contribution in [-0.2, 0) is 16.1 Å². The molecule has 0 aromatic heterocycles. The second kappa shape index (κ2) is 9.61. The molecule has 2 amide bonds. The maximum Gasteiger partial charge on any atom is 0.226 e. The molecule has 0 radical (unpaired) electrons. The first-order valence-electron chi connectivity index (χ1n) is 8.76. The van der Waals surface area contributed by atoms with Crippen LogP contribution in [0.5, 0.6) is 5.75 Å². The Morgan fingerprint density at radius 1 is 1.00 bits per heavy atom. The first-order chi connectivity index (χ1) is 12.5. The minimum Gasteiger partial charge on any atom is -0.493 e. The van der Waals surface area contributed by atoms with E-state index in [9.17, 15) is 9.59 Å². The number of rotatable bonds is 9. The molecule has 0 fully saturated rings. The Kier molecular flexibility index (Phi) is 7.21. The number of nitrogens with zero attached hydrogens (tertiary/aromatic N) is 1. The van der Waals surface area contributed by atoms with E-state index in [0.29, 0.717) is 19.7 Å². The van der Waals surface area contributed by atoms with Gasteiger partial charge in [-0.3, -0.25) is 9.59 Å². The Morgan fingerprint density at radius 2 is 1.73 bits per heavy atom. The first kappa shape index (κ1) is 19.5. The van der Waals surface area contributed by atoms with E-state index >= 15 is 0 Å². The zero-order valence-electron chi connectivity index (χ0n) is 15.4. The summed E-state index contributed by atoms with van der Waals surface area (Å²) in [5.41, 5.74) is 8.49. The highest BCUT2D eigenvalue weighted by molar-refractivity contribution is 5.78. The lowest BCUT2D eigenvalue weighted by Gasteiger charge is -2.22. The highest BCUT2D eigenvalue weighted by atomic mass is 16.5. The molecule has 2 aromatic carbocycles. The number of amides is 2. The standard InChI is InChI=1S/C21H26N2O3/c1-16-7-6-10-19(17(16)2)26-14-12-21(25)23(13-11-20(22)24)15-18-8-4-3-5-9-18/h3-10H,11-15H2,1-2H3,(H2,22,24). The van der Waals surface area contributed by atoms with Gasteiger partial charge in [0.2, 0.25) is 11.8 Å². The van der Waals surface area contributed by atoms with E-state index in [4.69, 9.17) is 10.5 Å². The van der Waals surface area contributed by atoms with Gasteiger partial charge in [0, 0.05) is 19.5 Å². The average Bonchev–Trinajstić information content (AvgIpc) is 2.62. The third-order valence-corrected chi connectivity index (χ3v) is 4.33. The molecule has 5 heteroatoms. The molecule has 0 saturated heterocycles. The predicted molar refractivity (Wildman–Crippen MR) is 102 cm³/mol. The van der Waals surface area contributed by atoms with Crippen LogP contribution >= 0.6 is 0 Å². The fourth-order valence-electron chi connectivity index (χ4n) is 2.63. The monoisotopic (exact) mass is 354 g/mol. The molecule has 0 heterocycles. The van der Waals surface area contributed by atoms with Crippen LogP contribution in [-0.4, -0.2) is 29.9 Å². The van der Waals surface area contributed by atoms with Crippen molar-refractivity contribution >= 4 is 11.8 Å². The zero-order chi connectivity index (χ0) is 18.9. The summed E-state index contributed by atoms with van der Waals surface area (Å²) in [6.07, 6.45) is 0.398. The van der Waals surface area contributed by atoms with Crippen molar-refractivity contribution in [2.24, 2.45) is 5.73 Å². The van der Waals surface area contributed by atoms with Gasteiger partial charge in [-0.1, -0.05) is 42.5 Å². The van der Waals surface area contributed by atoms with E-state index in [1.807, 2.05) is 62.4 Å². The minimum absolute atomic E-state index is 0.0552. The van der Waals surface area contributed by atoms with Crippen molar-refractivity contribution in [3.63, 3.8) is 0 Å². The van der Waals surface area contributed by atoms with Crippen molar-refractivity contribution in [2.75, 3.05) is 13.2 Å². The molecule has 0 atom stereocenters. The van der Waals surface area contributed by atoms with E-state index < -0.39 is 5.91 Å². The van der Waals surface area contributed by atoms with Crippen molar-refractivity contribution in [1.82, 2.24) is 4.90 Å². The summed E-state index contributed by atoms with van der Waals surface area (Å²) in [4.78, 5) is 25.4. The van der Waals surface area contributed by atoms with Crippen LogP contribution in [0, 0.1) is 13.8 Å². The summed E-state index contributed by atoms with van der Waals surface area (Å²) in [5.74, 6) is 0.326. The van der Waals surface area contributed by atoms with Crippen molar-refractivity contribution < 1.29 is 14.3 Å². The highest BCUT2D eigenvalue weighted by Gasteiger charge is 2.15. The average molecular weight is 354 g/mol. The van der Waals surface area contributed by atoms with E-state index in [-0.39, 0.29) is 18.7 Å². The maximum absolute atomic E-state index is 12.6. The summed E-state index contributed by atoms with van der Waals surface area (Å²) in [6, 6.07) is 15.6. The van der Waals surface area contributed by atoms with Gasteiger partial charge >= 0.3 is 0 Å². The Hall–Kier alpha value is -2.82. The van der Waals surface area contributed by atoms with Crippen LogP contribution in [0.4, 0.5) is 0 Å². The van der Waals surface area contributed by atoms with Crippen molar-refractivity contribution in [3.05, 3.63) is 65.2 Å². The van der Waals surface area contributed by atoms with Crippen LogP contribution in [0.3, 0.4) is 0 Å². The van der Waals surface area contributed by atoms with Gasteiger partial charge in [-0.25, -0.2) is 0 Å². The molecular formula is C21H26N2O3. The van der Waals surface area contributed by atoms with Crippen LogP contribution in [0.2, 0.25) is 0 Å². The van der Waals surface area contributed by atoms with Gasteiger partial charge in [-0.05, 0) is 36.6 Å². The fraction of sp³-hybridized carbons (Fsp3) is 0.333. The molecule has 0 bridgehead atoms. The molecule has 0 aliphatic carbocycles. The number of hydrogen-bond donors (Lipinski definition) is 1. The summed E-state index contributed by atoms with van der Waals surface area (Å²) in [7, 11) is 0.